The quantitative estimate of drug-likeness (QED) is 0.912. The first kappa shape index (κ1) is 16.6. The number of carbonyl (C=O) groups is 1. The fourth-order valence-electron chi connectivity index (χ4n) is 4.30. The van der Waals surface area contributed by atoms with E-state index in [2.05, 4.69) is 18.8 Å². The molecule has 5 nitrogen and oxygen atoms in total. The monoisotopic (exact) mass is 342 g/mol. The number of ether oxygens (including phenoxy) is 2. The molecule has 5 heteroatoms. The summed E-state index contributed by atoms with van der Waals surface area (Å²) in [5.74, 6) is 0.107. The Bertz CT molecular complexity index is 798. The Hall–Kier alpha value is -1.85. The highest BCUT2D eigenvalue weighted by molar-refractivity contribution is 5.99. The summed E-state index contributed by atoms with van der Waals surface area (Å²) in [6, 6.07) is 6.09. The van der Waals surface area contributed by atoms with Gasteiger partial charge in [0.25, 0.3) is 5.91 Å². The molecule has 1 aliphatic carbocycles. The Morgan fingerprint density at radius 2 is 2.16 bits per heavy atom. The van der Waals surface area contributed by atoms with Crippen LogP contribution in [0.15, 0.2) is 18.2 Å². The van der Waals surface area contributed by atoms with Crippen molar-refractivity contribution in [2.24, 2.45) is 0 Å². The van der Waals surface area contributed by atoms with Gasteiger partial charge < -0.3 is 19.4 Å². The van der Waals surface area contributed by atoms with Gasteiger partial charge in [-0.1, -0.05) is 0 Å². The number of methoxy groups -OCH3 is 1. The summed E-state index contributed by atoms with van der Waals surface area (Å²) in [7, 11) is 1.76. The first-order chi connectivity index (χ1) is 12.1. The van der Waals surface area contributed by atoms with E-state index in [1.54, 1.807) is 7.11 Å². The lowest BCUT2D eigenvalue weighted by Gasteiger charge is -2.45. The molecule has 1 saturated heterocycles. The van der Waals surface area contributed by atoms with Crippen molar-refractivity contribution in [2.75, 3.05) is 20.3 Å². The summed E-state index contributed by atoms with van der Waals surface area (Å²) in [5.41, 5.74) is 4.21. The standard InChI is InChI=1S/C20H26N2O3/c1-12-13(2)21-17-6-4-14(10-16(12)17)20(23)22-8-9-25-19-7-5-15(24-3)11-18(19)22/h4,6,10,15,18-19,21H,5,7-9,11H2,1-3H3/t15-,18+,19+/m0/s1. The molecular formula is C20H26N2O3. The highest BCUT2D eigenvalue weighted by Crippen LogP contribution is 2.31. The topological polar surface area (TPSA) is 54.6 Å². The van der Waals surface area contributed by atoms with Crippen molar-refractivity contribution in [3.05, 3.63) is 35.0 Å². The molecule has 4 rings (SSSR count). The molecule has 25 heavy (non-hydrogen) atoms. The van der Waals surface area contributed by atoms with Crippen molar-refractivity contribution in [3.63, 3.8) is 0 Å². The molecule has 2 heterocycles. The molecule has 0 radical (unpaired) electrons. The lowest BCUT2D eigenvalue weighted by atomic mass is 9.87. The van der Waals surface area contributed by atoms with E-state index in [0.717, 1.165) is 41.4 Å². The zero-order valence-electron chi connectivity index (χ0n) is 15.2. The summed E-state index contributed by atoms with van der Waals surface area (Å²) in [4.78, 5) is 18.6. The van der Waals surface area contributed by atoms with Crippen molar-refractivity contribution in [1.29, 1.82) is 0 Å². The second kappa shape index (κ2) is 6.46. The first-order valence-corrected chi connectivity index (χ1v) is 9.12. The van der Waals surface area contributed by atoms with Crippen molar-refractivity contribution in [2.45, 2.75) is 51.4 Å². The van der Waals surface area contributed by atoms with Gasteiger partial charge >= 0.3 is 0 Å². The van der Waals surface area contributed by atoms with Gasteiger partial charge in [-0.15, -0.1) is 0 Å². The maximum Gasteiger partial charge on any atom is 0.254 e. The lowest BCUT2D eigenvalue weighted by Crippen LogP contribution is -2.56. The molecule has 2 fully saturated rings. The number of nitrogens with zero attached hydrogens (tertiary/aromatic N) is 1. The second-order valence-electron chi connectivity index (χ2n) is 7.28. The van der Waals surface area contributed by atoms with Crippen molar-refractivity contribution in [1.82, 2.24) is 9.88 Å². The highest BCUT2D eigenvalue weighted by Gasteiger charge is 2.40. The summed E-state index contributed by atoms with van der Waals surface area (Å²) < 4.78 is 11.5. The number of amides is 1. The van der Waals surface area contributed by atoms with E-state index in [0.29, 0.717) is 13.2 Å². The highest BCUT2D eigenvalue weighted by atomic mass is 16.5. The molecule has 0 bridgehead atoms. The maximum absolute atomic E-state index is 13.2. The molecule has 0 unspecified atom stereocenters. The average Bonchev–Trinajstić information content (AvgIpc) is 2.93. The predicted octanol–water partition coefficient (Wildman–Crippen LogP) is 3.19. The number of aromatic nitrogens is 1. The number of fused-ring (bicyclic) bond motifs is 2. The number of aromatic amines is 1. The minimum absolute atomic E-state index is 0.107. The normalized spacial score (nSPS) is 26.7. The van der Waals surface area contributed by atoms with Crippen molar-refractivity contribution < 1.29 is 14.3 Å². The molecule has 1 aromatic carbocycles. The van der Waals surface area contributed by atoms with Gasteiger partial charge in [-0.3, -0.25) is 4.79 Å². The molecule has 2 aromatic rings. The fourth-order valence-corrected chi connectivity index (χ4v) is 4.30. The minimum atomic E-state index is 0.107. The van der Waals surface area contributed by atoms with Gasteiger partial charge in [-0.2, -0.15) is 0 Å². The average molecular weight is 342 g/mol. The van der Waals surface area contributed by atoms with Gasteiger partial charge in [0, 0.05) is 35.8 Å². The van der Waals surface area contributed by atoms with Crippen LogP contribution >= 0.6 is 0 Å². The molecule has 3 atom stereocenters. The zero-order chi connectivity index (χ0) is 17.6. The van der Waals surface area contributed by atoms with Gasteiger partial charge in [-0.05, 0) is 56.9 Å². The van der Waals surface area contributed by atoms with Crippen LogP contribution < -0.4 is 0 Å². The van der Waals surface area contributed by atoms with E-state index in [1.165, 1.54) is 5.56 Å². The summed E-state index contributed by atoms with van der Waals surface area (Å²) >= 11 is 0. The number of carbonyl (C=O) groups excluding carboxylic acids is 1. The molecule has 2 aliphatic rings. The molecule has 1 aliphatic heterocycles. The molecular weight excluding hydrogens is 316 g/mol. The van der Waals surface area contributed by atoms with Crippen LogP contribution in [0, 0.1) is 13.8 Å². The van der Waals surface area contributed by atoms with Crippen LogP contribution in [0.25, 0.3) is 10.9 Å². The number of hydrogen-bond acceptors (Lipinski definition) is 3. The van der Waals surface area contributed by atoms with Crippen LogP contribution in [-0.4, -0.2) is 54.3 Å². The molecule has 1 N–H and O–H groups in total. The Morgan fingerprint density at radius 1 is 1.32 bits per heavy atom. The van der Waals surface area contributed by atoms with Crippen LogP contribution in [0.2, 0.25) is 0 Å². The summed E-state index contributed by atoms with van der Waals surface area (Å²) in [6.07, 6.45) is 3.19. The van der Waals surface area contributed by atoms with Gasteiger partial charge in [0.2, 0.25) is 0 Å². The Balaban J connectivity index is 1.63. The van der Waals surface area contributed by atoms with Crippen molar-refractivity contribution >= 4 is 16.8 Å². The second-order valence-corrected chi connectivity index (χ2v) is 7.28. The third-order valence-electron chi connectivity index (χ3n) is 5.92. The number of morpholine rings is 1. The molecule has 1 amide bonds. The van der Waals surface area contributed by atoms with Gasteiger partial charge in [-0.25, -0.2) is 0 Å². The van der Waals surface area contributed by atoms with Crippen LogP contribution in [0.1, 0.15) is 40.9 Å². The number of nitrogens with one attached hydrogen (secondary N) is 1. The maximum atomic E-state index is 13.2. The van der Waals surface area contributed by atoms with E-state index < -0.39 is 0 Å². The van der Waals surface area contributed by atoms with E-state index in [1.807, 2.05) is 23.1 Å². The fraction of sp³-hybridized carbons (Fsp3) is 0.550. The third kappa shape index (κ3) is 2.85. The van der Waals surface area contributed by atoms with Crippen LogP contribution in [0.4, 0.5) is 0 Å². The molecule has 0 spiro atoms. The van der Waals surface area contributed by atoms with E-state index in [-0.39, 0.29) is 24.2 Å². The molecule has 1 aromatic heterocycles. The largest absolute Gasteiger partial charge is 0.381 e. The number of benzene rings is 1. The van der Waals surface area contributed by atoms with Crippen LogP contribution in [0.3, 0.4) is 0 Å². The number of aryl methyl sites for hydroxylation is 2. The van der Waals surface area contributed by atoms with E-state index >= 15 is 0 Å². The molecule has 1 saturated carbocycles. The Kier molecular flexibility index (Phi) is 4.29. The van der Waals surface area contributed by atoms with Crippen LogP contribution in [0.5, 0.6) is 0 Å². The summed E-state index contributed by atoms with van der Waals surface area (Å²) in [6.45, 7) is 5.43. The minimum Gasteiger partial charge on any atom is -0.381 e. The van der Waals surface area contributed by atoms with Gasteiger partial charge in [0.15, 0.2) is 0 Å². The molecule has 134 valence electrons. The van der Waals surface area contributed by atoms with Crippen LogP contribution in [-0.2, 0) is 9.47 Å². The number of rotatable bonds is 2. The zero-order valence-corrected chi connectivity index (χ0v) is 15.2. The number of H-pyrrole nitrogens is 1. The summed E-state index contributed by atoms with van der Waals surface area (Å²) in [5, 5.41) is 1.13. The van der Waals surface area contributed by atoms with E-state index in [4.69, 9.17) is 9.47 Å². The smallest absolute Gasteiger partial charge is 0.254 e. The first-order valence-electron chi connectivity index (χ1n) is 9.12. The van der Waals surface area contributed by atoms with Gasteiger partial charge in [0.05, 0.1) is 24.9 Å². The Morgan fingerprint density at radius 3 is 2.96 bits per heavy atom. The van der Waals surface area contributed by atoms with Gasteiger partial charge in [0.1, 0.15) is 0 Å². The Labute approximate surface area is 148 Å². The third-order valence-corrected chi connectivity index (χ3v) is 5.92. The SMILES string of the molecule is CO[C@H]1CC[C@H]2OCCN(C(=O)c3ccc4[nH]c(C)c(C)c4c3)[C@@H]2C1. The van der Waals surface area contributed by atoms with E-state index in [9.17, 15) is 4.79 Å². The lowest BCUT2D eigenvalue weighted by molar-refractivity contribution is -0.101. The number of hydrogen-bond donors (Lipinski definition) is 1. The van der Waals surface area contributed by atoms with Crippen molar-refractivity contribution in [3.8, 4) is 0 Å². The predicted molar refractivity (Wildman–Crippen MR) is 97.0 cm³/mol.